The van der Waals surface area contributed by atoms with Crippen LogP contribution in [0.4, 0.5) is 8.78 Å². The van der Waals surface area contributed by atoms with Gasteiger partial charge in [-0.25, -0.2) is 13.8 Å². The summed E-state index contributed by atoms with van der Waals surface area (Å²) in [6.07, 6.45) is -0.653. The van der Waals surface area contributed by atoms with E-state index in [0.29, 0.717) is 28.9 Å². The Labute approximate surface area is 172 Å². The van der Waals surface area contributed by atoms with E-state index in [1.165, 1.54) is 12.3 Å². The maximum Gasteiger partial charge on any atom is 0.272 e. The SMILES string of the molecule is CCC(=O)Cc1cc(C(=O)NC(C)c2cnc(OCC(F)F)c(Cl)c2)cc(C)n1. The fourth-order valence-electron chi connectivity index (χ4n) is 2.57. The molecule has 9 heteroatoms. The van der Waals surface area contributed by atoms with E-state index < -0.39 is 19.1 Å². The molecule has 6 nitrogen and oxygen atoms in total. The van der Waals surface area contributed by atoms with E-state index in [-0.39, 0.29) is 29.0 Å². The van der Waals surface area contributed by atoms with Gasteiger partial charge in [0, 0.05) is 36.0 Å². The van der Waals surface area contributed by atoms with Crippen LogP contribution in [0.25, 0.3) is 0 Å². The van der Waals surface area contributed by atoms with Crippen LogP contribution in [0.1, 0.15) is 53.6 Å². The molecule has 0 radical (unpaired) electrons. The monoisotopic (exact) mass is 425 g/mol. The van der Waals surface area contributed by atoms with Crippen LogP contribution in [0.3, 0.4) is 0 Å². The van der Waals surface area contributed by atoms with E-state index in [1.807, 2.05) is 0 Å². The summed E-state index contributed by atoms with van der Waals surface area (Å²) in [5.74, 6) is -0.399. The Morgan fingerprint density at radius 3 is 2.62 bits per heavy atom. The quantitative estimate of drug-likeness (QED) is 0.654. The van der Waals surface area contributed by atoms with Crippen molar-refractivity contribution < 1.29 is 23.1 Å². The number of rotatable bonds is 9. The molecule has 1 N–H and O–H groups in total. The highest BCUT2D eigenvalue weighted by Crippen LogP contribution is 2.25. The predicted octanol–water partition coefficient (Wildman–Crippen LogP) is 4.09. The first-order chi connectivity index (χ1) is 13.7. The van der Waals surface area contributed by atoms with Gasteiger partial charge in [-0.2, -0.15) is 0 Å². The van der Waals surface area contributed by atoms with Crippen LogP contribution in [0.5, 0.6) is 5.88 Å². The van der Waals surface area contributed by atoms with Crippen molar-refractivity contribution in [2.45, 2.75) is 46.1 Å². The van der Waals surface area contributed by atoms with Gasteiger partial charge in [0.2, 0.25) is 5.88 Å². The number of nitrogens with one attached hydrogen (secondary N) is 1. The second kappa shape index (κ2) is 10.2. The number of alkyl halides is 2. The van der Waals surface area contributed by atoms with E-state index in [1.54, 1.807) is 32.9 Å². The third kappa shape index (κ3) is 6.74. The van der Waals surface area contributed by atoms with Gasteiger partial charge in [0.1, 0.15) is 10.8 Å². The summed E-state index contributed by atoms with van der Waals surface area (Å²) in [6.45, 7) is 4.46. The van der Waals surface area contributed by atoms with Gasteiger partial charge in [-0.1, -0.05) is 18.5 Å². The predicted molar refractivity (Wildman–Crippen MR) is 105 cm³/mol. The maximum atomic E-state index is 12.6. The van der Waals surface area contributed by atoms with Crippen molar-refractivity contribution in [1.82, 2.24) is 15.3 Å². The number of carbonyl (C=O) groups is 2. The number of aryl methyl sites for hydroxylation is 1. The number of pyridine rings is 2. The molecule has 0 aromatic carbocycles. The summed E-state index contributed by atoms with van der Waals surface area (Å²) < 4.78 is 29.3. The minimum atomic E-state index is -2.63. The summed E-state index contributed by atoms with van der Waals surface area (Å²) in [4.78, 5) is 32.5. The Morgan fingerprint density at radius 2 is 2.00 bits per heavy atom. The molecule has 1 atom stereocenters. The summed E-state index contributed by atoms with van der Waals surface area (Å²) in [5, 5.41) is 2.89. The number of ketones is 1. The van der Waals surface area contributed by atoms with Gasteiger partial charge in [0.25, 0.3) is 12.3 Å². The molecule has 2 rings (SSSR count). The van der Waals surface area contributed by atoms with E-state index in [0.717, 1.165) is 0 Å². The van der Waals surface area contributed by atoms with Crippen molar-refractivity contribution in [1.29, 1.82) is 0 Å². The van der Waals surface area contributed by atoms with Crippen molar-refractivity contribution in [3.8, 4) is 5.88 Å². The molecular formula is C20H22ClF2N3O3. The van der Waals surface area contributed by atoms with Gasteiger partial charge in [0.15, 0.2) is 6.61 Å². The van der Waals surface area contributed by atoms with Gasteiger partial charge in [-0.05, 0) is 37.6 Å². The van der Waals surface area contributed by atoms with Crippen LogP contribution in [0, 0.1) is 6.92 Å². The molecule has 1 unspecified atom stereocenters. The van der Waals surface area contributed by atoms with Gasteiger partial charge in [0.05, 0.1) is 6.04 Å². The summed E-state index contributed by atoms with van der Waals surface area (Å²) in [6, 6.07) is 4.28. The minimum Gasteiger partial charge on any atom is -0.471 e. The summed E-state index contributed by atoms with van der Waals surface area (Å²) in [5.41, 5.74) is 2.15. The molecule has 0 saturated carbocycles. The van der Waals surface area contributed by atoms with E-state index >= 15 is 0 Å². The highest BCUT2D eigenvalue weighted by molar-refractivity contribution is 6.31. The minimum absolute atomic E-state index is 0.0395. The second-order valence-corrected chi connectivity index (χ2v) is 6.92. The van der Waals surface area contributed by atoms with Gasteiger partial charge < -0.3 is 10.1 Å². The largest absolute Gasteiger partial charge is 0.471 e. The third-order valence-corrected chi connectivity index (χ3v) is 4.33. The molecule has 0 saturated heterocycles. The molecule has 0 aliphatic heterocycles. The van der Waals surface area contributed by atoms with Crippen LogP contribution in [-0.2, 0) is 11.2 Å². The molecule has 2 heterocycles. The highest BCUT2D eigenvalue weighted by Gasteiger charge is 2.16. The van der Waals surface area contributed by atoms with E-state index in [2.05, 4.69) is 15.3 Å². The lowest BCUT2D eigenvalue weighted by Gasteiger charge is -2.16. The van der Waals surface area contributed by atoms with Crippen LogP contribution in [-0.4, -0.2) is 34.7 Å². The number of ether oxygens (including phenoxy) is 1. The molecule has 2 aromatic rings. The molecule has 1 amide bonds. The Bertz CT molecular complexity index is 893. The molecule has 0 bridgehead atoms. The molecule has 0 fully saturated rings. The van der Waals surface area contributed by atoms with Crippen molar-refractivity contribution in [2.24, 2.45) is 0 Å². The number of nitrogens with zero attached hydrogens (tertiary/aromatic N) is 2. The van der Waals surface area contributed by atoms with E-state index in [4.69, 9.17) is 16.3 Å². The Morgan fingerprint density at radius 1 is 1.28 bits per heavy atom. The average Bonchev–Trinajstić information content (AvgIpc) is 2.66. The molecule has 29 heavy (non-hydrogen) atoms. The van der Waals surface area contributed by atoms with Gasteiger partial charge >= 0.3 is 0 Å². The summed E-state index contributed by atoms with van der Waals surface area (Å²) in [7, 11) is 0. The maximum absolute atomic E-state index is 12.6. The van der Waals surface area contributed by atoms with Crippen LogP contribution < -0.4 is 10.1 Å². The first-order valence-electron chi connectivity index (χ1n) is 9.06. The average molecular weight is 426 g/mol. The number of Topliss-reactive ketones (excluding diaryl/α,β-unsaturated/α-hetero) is 1. The molecule has 156 valence electrons. The standard InChI is InChI=1S/C20H22ClF2N3O3/c1-4-16(27)8-15-6-13(5-11(2)25-15)19(28)26-12(3)14-7-17(21)20(24-9-14)29-10-18(22)23/h5-7,9,12,18H,4,8,10H2,1-3H3,(H,26,28). The topological polar surface area (TPSA) is 81.2 Å². The van der Waals surface area contributed by atoms with Crippen LogP contribution >= 0.6 is 11.6 Å². The Balaban J connectivity index is 2.10. The number of hydrogen-bond donors (Lipinski definition) is 1. The first kappa shape index (κ1) is 22.7. The zero-order valence-corrected chi connectivity index (χ0v) is 17.1. The number of hydrogen-bond acceptors (Lipinski definition) is 5. The second-order valence-electron chi connectivity index (χ2n) is 6.51. The number of carbonyl (C=O) groups excluding carboxylic acids is 2. The lowest BCUT2D eigenvalue weighted by molar-refractivity contribution is -0.118. The molecule has 0 aliphatic carbocycles. The van der Waals surface area contributed by atoms with Crippen molar-refractivity contribution >= 4 is 23.3 Å². The zero-order chi connectivity index (χ0) is 21.6. The number of halogens is 3. The number of aromatic nitrogens is 2. The normalized spacial score (nSPS) is 12.0. The smallest absolute Gasteiger partial charge is 0.272 e. The molecule has 2 aromatic heterocycles. The van der Waals surface area contributed by atoms with Crippen molar-refractivity contribution in [3.63, 3.8) is 0 Å². The van der Waals surface area contributed by atoms with E-state index in [9.17, 15) is 18.4 Å². The first-order valence-corrected chi connectivity index (χ1v) is 9.43. The summed E-state index contributed by atoms with van der Waals surface area (Å²) >= 11 is 6.03. The number of amides is 1. The Hall–Kier alpha value is -2.61. The third-order valence-electron chi connectivity index (χ3n) is 4.06. The molecular weight excluding hydrogens is 404 g/mol. The lowest BCUT2D eigenvalue weighted by Crippen LogP contribution is -2.27. The zero-order valence-electron chi connectivity index (χ0n) is 16.3. The van der Waals surface area contributed by atoms with Crippen molar-refractivity contribution in [3.05, 3.63) is 51.9 Å². The van der Waals surface area contributed by atoms with Crippen LogP contribution in [0.2, 0.25) is 5.02 Å². The molecule has 0 aliphatic rings. The fraction of sp³-hybridized carbons (Fsp3) is 0.400. The van der Waals surface area contributed by atoms with Crippen molar-refractivity contribution in [2.75, 3.05) is 6.61 Å². The Kier molecular flexibility index (Phi) is 8.01. The van der Waals surface area contributed by atoms with Gasteiger partial charge in [-0.3, -0.25) is 14.6 Å². The van der Waals surface area contributed by atoms with Crippen LogP contribution in [0.15, 0.2) is 24.4 Å². The van der Waals surface area contributed by atoms with Gasteiger partial charge in [-0.15, -0.1) is 0 Å². The fourth-order valence-corrected chi connectivity index (χ4v) is 2.80. The molecule has 0 spiro atoms. The lowest BCUT2D eigenvalue weighted by atomic mass is 10.1. The highest BCUT2D eigenvalue weighted by atomic mass is 35.5.